The Kier molecular flexibility index (Phi) is 3.23. The Bertz CT molecular complexity index is 607. The van der Waals surface area contributed by atoms with Crippen molar-refractivity contribution in [3.05, 3.63) is 34.9 Å². The minimum Gasteiger partial charge on any atom is -0.393 e. The van der Waals surface area contributed by atoms with Gasteiger partial charge in [0, 0.05) is 6.42 Å². The number of ketones is 1. The molecule has 1 saturated carbocycles. The van der Waals surface area contributed by atoms with Crippen LogP contribution in [0, 0.1) is 23.2 Å². The molecule has 0 aliphatic heterocycles. The van der Waals surface area contributed by atoms with E-state index in [9.17, 15) is 9.90 Å². The largest absolute Gasteiger partial charge is 0.393 e. The third-order valence-electron chi connectivity index (χ3n) is 6.92. The van der Waals surface area contributed by atoms with Gasteiger partial charge in [0.1, 0.15) is 0 Å². The van der Waals surface area contributed by atoms with Crippen molar-refractivity contribution in [2.75, 3.05) is 0 Å². The van der Waals surface area contributed by atoms with Crippen molar-refractivity contribution >= 4 is 5.78 Å². The van der Waals surface area contributed by atoms with Crippen LogP contribution in [0.4, 0.5) is 0 Å². The number of allylic oxidation sites excluding steroid dienone is 6. The Morgan fingerprint density at radius 2 is 2.00 bits per heavy atom. The summed E-state index contributed by atoms with van der Waals surface area (Å²) in [5.41, 5.74) is 4.62. The molecule has 1 unspecified atom stereocenters. The van der Waals surface area contributed by atoms with Gasteiger partial charge in [0.25, 0.3) is 0 Å². The van der Waals surface area contributed by atoms with Gasteiger partial charge in [-0.05, 0) is 79.4 Å². The first-order chi connectivity index (χ1) is 10.5. The molecule has 0 aromatic rings. The summed E-state index contributed by atoms with van der Waals surface area (Å²) < 4.78 is 0. The monoisotopic (exact) mass is 298 g/mol. The average Bonchev–Trinajstić information content (AvgIpc) is 2.84. The van der Waals surface area contributed by atoms with Crippen molar-refractivity contribution in [2.45, 2.75) is 58.5 Å². The standard InChI is InChI=1S/C20H26O2/c1-12(21)18-7-8-19-17-5-3-13-11-14(22)4-6-15(13)16(17)9-10-20(18,19)2/h3,5,11-12,15-16,18,21H,4,6-10H2,1-2H3/t12?,15-,16+,18+,20+/m0/s1. The molecular weight excluding hydrogens is 272 g/mol. The van der Waals surface area contributed by atoms with Gasteiger partial charge >= 0.3 is 0 Å². The minimum atomic E-state index is -0.213. The normalized spacial score (nSPS) is 41.7. The van der Waals surface area contributed by atoms with Crippen molar-refractivity contribution in [1.82, 2.24) is 0 Å². The number of carbonyl (C=O) groups is 1. The molecule has 1 fully saturated rings. The summed E-state index contributed by atoms with van der Waals surface area (Å²) in [7, 11) is 0. The van der Waals surface area contributed by atoms with Gasteiger partial charge in [0.2, 0.25) is 0 Å². The lowest BCUT2D eigenvalue weighted by Crippen LogP contribution is -2.38. The zero-order valence-electron chi connectivity index (χ0n) is 13.6. The summed E-state index contributed by atoms with van der Waals surface area (Å²) in [6.45, 7) is 4.33. The van der Waals surface area contributed by atoms with E-state index >= 15 is 0 Å². The summed E-state index contributed by atoms with van der Waals surface area (Å²) >= 11 is 0. The van der Waals surface area contributed by atoms with Crippen molar-refractivity contribution in [3.63, 3.8) is 0 Å². The van der Waals surface area contributed by atoms with Crippen LogP contribution in [0.5, 0.6) is 0 Å². The van der Waals surface area contributed by atoms with E-state index in [1.807, 2.05) is 13.0 Å². The van der Waals surface area contributed by atoms with Crippen LogP contribution in [0.3, 0.4) is 0 Å². The van der Waals surface area contributed by atoms with Crippen molar-refractivity contribution in [2.24, 2.45) is 23.2 Å². The third kappa shape index (κ3) is 1.93. The lowest BCUT2D eigenvalue weighted by molar-refractivity contribution is -0.115. The molecule has 118 valence electrons. The molecule has 4 aliphatic rings. The van der Waals surface area contributed by atoms with E-state index in [1.165, 1.54) is 18.4 Å². The maximum Gasteiger partial charge on any atom is 0.155 e. The van der Waals surface area contributed by atoms with Gasteiger partial charge in [-0.15, -0.1) is 0 Å². The molecule has 4 aliphatic carbocycles. The number of carbonyl (C=O) groups excluding carboxylic acids is 1. The number of aliphatic hydroxyl groups is 1. The fourth-order valence-corrected chi connectivity index (χ4v) is 5.81. The summed E-state index contributed by atoms with van der Waals surface area (Å²) in [5, 5.41) is 10.2. The fraction of sp³-hybridized carbons (Fsp3) is 0.650. The number of rotatable bonds is 1. The zero-order chi connectivity index (χ0) is 15.5. The Hall–Kier alpha value is -1.15. The molecule has 4 rings (SSSR count). The molecule has 0 spiro atoms. The van der Waals surface area contributed by atoms with Gasteiger partial charge in [0.15, 0.2) is 5.78 Å². The van der Waals surface area contributed by atoms with Crippen LogP contribution in [0.1, 0.15) is 52.4 Å². The first kappa shape index (κ1) is 14.4. The van der Waals surface area contributed by atoms with Gasteiger partial charge in [-0.25, -0.2) is 0 Å². The molecular formula is C20H26O2. The lowest BCUT2D eigenvalue weighted by Gasteiger charge is -2.46. The molecule has 0 amide bonds. The van der Waals surface area contributed by atoms with Gasteiger partial charge < -0.3 is 5.11 Å². The molecule has 2 heteroatoms. The Morgan fingerprint density at radius 1 is 1.18 bits per heavy atom. The number of hydrogen-bond acceptors (Lipinski definition) is 2. The van der Waals surface area contributed by atoms with Crippen LogP contribution >= 0.6 is 0 Å². The molecule has 0 saturated heterocycles. The predicted molar refractivity (Wildman–Crippen MR) is 87.2 cm³/mol. The highest BCUT2D eigenvalue weighted by Crippen LogP contribution is 2.59. The van der Waals surface area contributed by atoms with E-state index in [0.717, 1.165) is 19.3 Å². The molecule has 1 N–H and O–H groups in total. The second kappa shape index (κ2) is 4.92. The lowest BCUT2D eigenvalue weighted by atomic mass is 9.59. The van der Waals surface area contributed by atoms with Crippen LogP contribution in [0.2, 0.25) is 0 Å². The van der Waals surface area contributed by atoms with Crippen LogP contribution in [0.15, 0.2) is 34.9 Å². The molecule has 0 radical (unpaired) electrons. The van der Waals surface area contributed by atoms with E-state index in [-0.39, 0.29) is 11.5 Å². The smallest absolute Gasteiger partial charge is 0.155 e. The topological polar surface area (TPSA) is 37.3 Å². The van der Waals surface area contributed by atoms with Crippen LogP contribution in [-0.2, 0) is 4.79 Å². The van der Waals surface area contributed by atoms with E-state index in [1.54, 1.807) is 11.1 Å². The highest BCUT2D eigenvalue weighted by Gasteiger charge is 2.50. The van der Waals surface area contributed by atoms with Gasteiger partial charge in [0.05, 0.1) is 6.10 Å². The molecule has 0 heterocycles. The maximum atomic E-state index is 11.7. The van der Waals surface area contributed by atoms with Crippen molar-refractivity contribution in [3.8, 4) is 0 Å². The highest BCUT2D eigenvalue weighted by molar-refractivity contribution is 5.92. The first-order valence-corrected chi connectivity index (χ1v) is 8.85. The SMILES string of the molecule is CC(O)[C@H]1CCC2=C3C=CC4=CC(=O)CC[C@@H]4[C@H]3CC[C@@]21C. The maximum absolute atomic E-state index is 11.7. The van der Waals surface area contributed by atoms with Gasteiger partial charge in [-0.3, -0.25) is 4.79 Å². The van der Waals surface area contributed by atoms with E-state index in [2.05, 4.69) is 19.1 Å². The van der Waals surface area contributed by atoms with Gasteiger partial charge in [-0.1, -0.05) is 24.6 Å². The van der Waals surface area contributed by atoms with Crippen molar-refractivity contribution in [1.29, 1.82) is 0 Å². The van der Waals surface area contributed by atoms with Crippen LogP contribution in [-0.4, -0.2) is 17.0 Å². The summed E-state index contributed by atoms with van der Waals surface area (Å²) in [6, 6.07) is 0. The van der Waals surface area contributed by atoms with E-state index in [0.29, 0.717) is 30.0 Å². The van der Waals surface area contributed by atoms with Gasteiger partial charge in [-0.2, -0.15) is 0 Å². The molecule has 2 nitrogen and oxygen atoms in total. The number of aliphatic hydroxyl groups excluding tert-OH is 1. The predicted octanol–water partition coefficient (Wildman–Crippen LogP) is 3.97. The Balaban J connectivity index is 1.78. The van der Waals surface area contributed by atoms with Crippen molar-refractivity contribution < 1.29 is 9.90 Å². The quantitative estimate of drug-likeness (QED) is 0.795. The summed E-state index contributed by atoms with van der Waals surface area (Å²) in [6.07, 6.45) is 12.6. The Morgan fingerprint density at radius 3 is 2.77 bits per heavy atom. The number of fused-ring (bicyclic) bond motifs is 4. The molecule has 0 aromatic carbocycles. The molecule has 0 aromatic heterocycles. The van der Waals surface area contributed by atoms with E-state index < -0.39 is 0 Å². The van der Waals surface area contributed by atoms with Crippen LogP contribution < -0.4 is 0 Å². The second-order valence-electron chi connectivity index (χ2n) is 7.97. The first-order valence-electron chi connectivity index (χ1n) is 8.85. The summed E-state index contributed by atoms with van der Waals surface area (Å²) in [5.74, 6) is 1.87. The third-order valence-corrected chi connectivity index (χ3v) is 6.92. The zero-order valence-corrected chi connectivity index (χ0v) is 13.6. The second-order valence-corrected chi connectivity index (χ2v) is 7.97. The highest BCUT2D eigenvalue weighted by atomic mass is 16.3. The molecule has 5 atom stereocenters. The summed E-state index contributed by atoms with van der Waals surface area (Å²) in [4.78, 5) is 11.7. The average molecular weight is 298 g/mol. The molecule has 0 bridgehead atoms. The fourth-order valence-electron chi connectivity index (χ4n) is 5.81. The Labute approximate surface area is 133 Å². The minimum absolute atomic E-state index is 0.191. The van der Waals surface area contributed by atoms with Crippen LogP contribution in [0.25, 0.3) is 0 Å². The number of hydrogen-bond donors (Lipinski definition) is 1. The molecule has 22 heavy (non-hydrogen) atoms. The van der Waals surface area contributed by atoms with E-state index in [4.69, 9.17) is 0 Å².